The van der Waals surface area contributed by atoms with Gasteiger partial charge in [0.1, 0.15) is 6.54 Å². The molecule has 2 saturated heterocycles. The molecule has 8 nitrogen and oxygen atoms in total. The smallest absolute Gasteiger partial charge is 0.267 e. The van der Waals surface area contributed by atoms with Crippen molar-refractivity contribution in [3.8, 4) is 0 Å². The normalized spacial score (nSPS) is 25.2. The number of hydrogen-bond donors (Lipinski definition) is 1. The summed E-state index contributed by atoms with van der Waals surface area (Å²) in [5, 5.41) is 14.9. The number of amides is 1. The molecule has 1 amide bonds. The van der Waals surface area contributed by atoms with E-state index in [0.717, 1.165) is 13.1 Å². The van der Waals surface area contributed by atoms with Crippen LogP contribution >= 0.6 is 0 Å². The molecule has 0 radical (unpaired) electrons. The van der Waals surface area contributed by atoms with Crippen molar-refractivity contribution in [3.63, 3.8) is 0 Å². The number of morpholine rings is 1. The Kier molecular flexibility index (Phi) is 4.98. The van der Waals surface area contributed by atoms with Crippen LogP contribution in [-0.4, -0.2) is 82.1 Å². The van der Waals surface area contributed by atoms with Gasteiger partial charge in [0.15, 0.2) is 0 Å². The minimum Gasteiger partial charge on any atom is -0.387 e. The van der Waals surface area contributed by atoms with Gasteiger partial charge in [-0.15, -0.1) is 0 Å². The molecule has 3 rings (SSSR count). The SMILES string of the molecule is Cc1ccc(=O)n(CC(=O)N2CC[C@](O)(CN3CCOCC3)C2)n1. The third-order valence-corrected chi connectivity index (χ3v) is 4.59. The second-order valence-corrected chi connectivity index (χ2v) is 6.65. The summed E-state index contributed by atoms with van der Waals surface area (Å²) in [5.41, 5.74) is -0.498. The quantitative estimate of drug-likeness (QED) is 0.747. The van der Waals surface area contributed by atoms with E-state index in [1.54, 1.807) is 17.9 Å². The van der Waals surface area contributed by atoms with Crippen LogP contribution in [0.5, 0.6) is 0 Å². The monoisotopic (exact) mass is 336 g/mol. The van der Waals surface area contributed by atoms with Gasteiger partial charge in [-0.05, 0) is 19.4 Å². The van der Waals surface area contributed by atoms with E-state index in [1.165, 1.54) is 10.7 Å². The van der Waals surface area contributed by atoms with E-state index in [-0.39, 0.29) is 18.0 Å². The van der Waals surface area contributed by atoms with E-state index < -0.39 is 5.60 Å². The van der Waals surface area contributed by atoms with Gasteiger partial charge in [-0.3, -0.25) is 14.5 Å². The Morgan fingerprint density at radius 3 is 2.83 bits per heavy atom. The molecule has 0 unspecified atom stereocenters. The molecule has 3 heterocycles. The van der Waals surface area contributed by atoms with Crippen LogP contribution in [0.15, 0.2) is 16.9 Å². The van der Waals surface area contributed by atoms with E-state index in [4.69, 9.17) is 4.74 Å². The first kappa shape index (κ1) is 17.1. The Bertz CT molecular complexity index is 656. The van der Waals surface area contributed by atoms with Gasteiger partial charge >= 0.3 is 0 Å². The lowest BCUT2D eigenvalue weighted by atomic mass is 10.0. The van der Waals surface area contributed by atoms with Crippen molar-refractivity contribution in [1.29, 1.82) is 0 Å². The first-order valence-electron chi connectivity index (χ1n) is 8.30. The number of likely N-dealkylation sites (tertiary alicyclic amines) is 1. The van der Waals surface area contributed by atoms with Crippen LogP contribution in [0, 0.1) is 6.92 Å². The third-order valence-electron chi connectivity index (χ3n) is 4.59. The second-order valence-electron chi connectivity index (χ2n) is 6.65. The molecule has 24 heavy (non-hydrogen) atoms. The van der Waals surface area contributed by atoms with Gasteiger partial charge in [0, 0.05) is 32.2 Å². The van der Waals surface area contributed by atoms with Crippen molar-refractivity contribution < 1.29 is 14.6 Å². The Hall–Kier alpha value is -1.77. The van der Waals surface area contributed by atoms with Crippen LogP contribution in [0.4, 0.5) is 0 Å². The van der Waals surface area contributed by atoms with Gasteiger partial charge in [0.2, 0.25) is 5.91 Å². The summed E-state index contributed by atoms with van der Waals surface area (Å²) >= 11 is 0. The van der Waals surface area contributed by atoms with Gasteiger partial charge in [0.25, 0.3) is 5.56 Å². The Balaban J connectivity index is 1.59. The highest BCUT2D eigenvalue weighted by atomic mass is 16.5. The zero-order valence-electron chi connectivity index (χ0n) is 14.0. The third kappa shape index (κ3) is 4.00. The van der Waals surface area contributed by atoms with Crippen molar-refractivity contribution >= 4 is 5.91 Å². The van der Waals surface area contributed by atoms with Crippen molar-refractivity contribution in [1.82, 2.24) is 19.6 Å². The molecule has 0 aromatic carbocycles. The summed E-state index contributed by atoms with van der Waals surface area (Å²) in [6, 6.07) is 3.04. The van der Waals surface area contributed by atoms with Crippen molar-refractivity contribution in [2.45, 2.75) is 25.5 Å². The Labute approximate surface area is 140 Å². The zero-order chi connectivity index (χ0) is 17.2. The number of nitrogens with zero attached hydrogens (tertiary/aromatic N) is 4. The fourth-order valence-corrected chi connectivity index (χ4v) is 3.27. The summed E-state index contributed by atoms with van der Waals surface area (Å²) < 4.78 is 6.49. The molecule has 2 aliphatic heterocycles. The number of aliphatic hydroxyl groups is 1. The highest BCUT2D eigenvalue weighted by Crippen LogP contribution is 2.23. The van der Waals surface area contributed by atoms with Crippen LogP contribution in [-0.2, 0) is 16.1 Å². The lowest BCUT2D eigenvalue weighted by Gasteiger charge is -2.33. The first-order chi connectivity index (χ1) is 11.5. The molecule has 1 aromatic rings. The summed E-state index contributed by atoms with van der Waals surface area (Å²) in [6.07, 6.45) is 0.548. The van der Waals surface area contributed by atoms with E-state index in [2.05, 4.69) is 10.00 Å². The topological polar surface area (TPSA) is 87.9 Å². The largest absolute Gasteiger partial charge is 0.387 e. The van der Waals surface area contributed by atoms with Crippen molar-refractivity contribution in [2.75, 3.05) is 45.9 Å². The predicted molar refractivity (Wildman–Crippen MR) is 86.6 cm³/mol. The summed E-state index contributed by atoms with van der Waals surface area (Å²) in [4.78, 5) is 28.0. The first-order valence-corrected chi connectivity index (χ1v) is 8.30. The predicted octanol–water partition coefficient (Wildman–Crippen LogP) is -1.15. The average Bonchev–Trinajstić information content (AvgIpc) is 2.94. The van der Waals surface area contributed by atoms with Gasteiger partial charge in [0.05, 0.1) is 31.1 Å². The number of aromatic nitrogens is 2. The van der Waals surface area contributed by atoms with E-state index in [9.17, 15) is 14.7 Å². The summed E-state index contributed by atoms with van der Waals surface area (Å²) in [6.45, 7) is 6.00. The molecule has 2 fully saturated rings. The van der Waals surface area contributed by atoms with E-state index >= 15 is 0 Å². The maximum Gasteiger partial charge on any atom is 0.267 e. The van der Waals surface area contributed by atoms with Crippen LogP contribution in [0.2, 0.25) is 0 Å². The Morgan fingerprint density at radius 2 is 2.08 bits per heavy atom. The molecule has 0 bridgehead atoms. The molecule has 1 N–H and O–H groups in total. The lowest BCUT2D eigenvalue weighted by molar-refractivity contribution is -0.132. The second kappa shape index (κ2) is 7.00. The van der Waals surface area contributed by atoms with Crippen LogP contribution in [0.3, 0.4) is 0 Å². The summed E-state index contributed by atoms with van der Waals surface area (Å²) in [7, 11) is 0. The van der Waals surface area contributed by atoms with Gasteiger partial charge < -0.3 is 14.7 Å². The number of carbonyl (C=O) groups is 1. The van der Waals surface area contributed by atoms with Crippen LogP contribution < -0.4 is 5.56 Å². The highest BCUT2D eigenvalue weighted by Gasteiger charge is 2.39. The Morgan fingerprint density at radius 1 is 1.33 bits per heavy atom. The van der Waals surface area contributed by atoms with Gasteiger partial charge in [-0.2, -0.15) is 5.10 Å². The lowest BCUT2D eigenvalue weighted by Crippen LogP contribution is -2.49. The minimum atomic E-state index is -0.891. The highest BCUT2D eigenvalue weighted by molar-refractivity contribution is 5.76. The number of rotatable bonds is 4. The average molecular weight is 336 g/mol. The van der Waals surface area contributed by atoms with Gasteiger partial charge in [-0.1, -0.05) is 0 Å². The minimum absolute atomic E-state index is 0.0891. The number of ether oxygens (including phenoxy) is 1. The molecule has 132 valence electrons. The number of aryl methyl sites for hydroxylation is 1. The molecular formula is C16H24N4O4. The molecule has 8 heteroatoms. The summed E-state index contributed by atoms with van der Waals surface area (Å²) in [5.74, 6) is -0.187. The van der Waals surface area contributed by atoms with E-state index in [0.29, 0.717) is 45.0 Å². The molecule has 1 aromatic heterocycles. The molecule has 0 saturated carbocycles. The number of β-amino-alcohol motifs (C(OH)–C–C–N with tert-alkyl or cyclic N) is 1. The van der Waals surface area contributed by atoms with Crippen molar-refractivity contribution in [2.24, 2.45) is 0 Å². The molecule has 0 aliphatic carbocycles. The maximum atomic E-state index is 12.4. The fraction of sp³-hybridized carbons (Fsp3) is 0.688. The standard InChI is InChI=1S/C16H24N4O4/c1-13-2-3-14(21)20(17-13)10-15(22)19-5-4-16(23,12-19)11-18-6-8-24-9-7-18/h2-3,23H,4-12H2,1H3/t16-/m0/s1. The fourth-order valence-electron chi connectivity index (χ4n) is 3.27. The zero-order valence-corrected chi connectivity index (χ0v) is 14.0. The van der Waals surface area contributed by atoms with Crippen LogP contribution in [0.25, 0.3) is 0 Å². The molecule has 2 aliphatic rings. The molecule has 1 atom stereocenters. The number of carbonyl (C=O) groups excluding carboxylic acids is 1. The maximum absolute atomic E-state index is 12.4. The van der Waals surface area contributed by atoms with Gasteiger partial charge in [-0.25, -0.2) is 4.68 Å². The van der Waals surface area contributed by atoms with E-state index in [1.807, 2.05) is 0 Å². The molecule has 0 spiro atoms. The van der Waals surface area contributed by atoms with Crippen LogP contribution in [0.1, 0.15) is 12.1 Å². The number of hydrogen-bond acceptors (Lipinski definition) is 6. The molecular weight excluding hydrogens is 312 g/mol. The van der Waals surface area contributed by atoms with Crippen molar-refractivity contribution in [3.05, 3.63) is 28.2 Å².